The average molecular weight is 351 g/mol. The summed E-state index contributed by atoms with van der Waals surface area (Å²) in [5.74, 6) is 0. The summed E-state index contributed by atoms with van der Waals surface area (Å²) in [5.41, 5.74) is 2.67. The average Bonchev–Trinajstić information content (AvgIpc) is 3.10. The summed E-state index contributed by atoms with van der Waals surface area (Å²) >= 11 is 3.65. The van der Waals surface area contributed by atoms with Gasteiger partial charge in [-0.05, 0) is 38.0 Å². The maximum atomic E-state index is 4.58. The van der Waals surface area contributed by atoms with Gasteiger partial charge in [0, 0.05) is 56.1 Å². The van der Waals surface area contributed by atoms with E-state index in [1.54, 1.807) is 11.3 Å². The number of thiophene rings is 1. The standard InChI is InChI=1S/C17H26N4S2/c1-14-18-16(13-22-14)10-20-4-6-21(7-5-20)11-17-8-15(12-23-17)9-19(2)3/h8,12-13H,4-7,9-11H2,1-3H3. The van der Waals surface area contributed by atoms with Gasteiger partial charge in [-0.1, -0.05) is 0 Å². The third-order valence-electron chi connectivity index (χ3n) is 4.10. The molecule has 1 fully saturated rings. The highest BCUT2D eigenvalue weighted by Gasteiger charge is 2.18. The third kappa shape index (κ3) is 5.09. The highest BCUT2D eigenvalue weighted by atomic mass is 32.1. The summed E-state index contributed by atoms with van der Waals surface area (Å²) < 4.78 is 0. The van der Waals surface area contributed by atoms with Crippen LogP contribution < -0.4 is 0 Å². The molecule has 0 atom stereocenters. The Bertz CT molecular complexity index is 612. The van der Waals surface area contributed by atoms with Crippen molar-refractivity contribution in [2.24, 2.45) is 0 Å². The van der Waals surface area contributed by atoms with Crippen LogP contribution in [0.5, 0.6) is 0 Å². The SMILES string of the molecule is Cc1nc(CN2CCN(Cc3cc(CN(C)C)cs3)CC2)cs1. The summed E-state index contributed by atoms with van der Waals surface area (Å²) in [5, 5.41) is 5.67. The number of piperazine rings is 1. The van der Waals surface area contributed by atoms with Gasteiger partial charge >= 0.3 is 0 Å². The van der Waals surface area contributed by atoms with E-state index in [9.17, 15) is 0 Å². The molecule has 4 nitrogen and oxygen atoms in total. The molecule has 0 unspecified atom stereocenters. The van der Waals surface area contributed by atoms with Crippen LogP contribution >= 0.6 is 22.7 Å². The minimum atomic E-state index is 1.00. The number of aryl methyl sites for hydroxylation is 1. The highest BCUT2D eigenvalue weighted by molar-refractivity contribution is 7.10. The number of rotatable bonds is 6. The minimum absolute atomic E-state index is 1.00. The normalized spacial score (nSPS) is 17.2. The van der Waals surface area contributed by atoms with Gasteiger partial charge in [0.05, 0.1) is 10.7 Å². The molecule has 1 aliphatic rings. The molecule has 0 saturated carbocycles. The van der Waals surface area contributed by atoms with E-state index in [0.29, 0.717) is 0 Å². The van der Waals surface area contributed by atoms with Crippen LogP contribution in [0.25, 0.3) is 0 Å². The van der Waals surface area contributed by atoms with Crippen molar-refractivity contribution in [3.8, 4) is 0 Å². The Morgan fingerprint density at radius 2 is 1.74 bits per heavy atom. The van der Waals surface area contributed by atoms with Gasteiger partial charge in [-0.3, -0.25) is 9.80 Å². The number of hydrogen-bond donors (Lipinski definition) is 0. The maximum absolute atomic E-state index is 4.58. The molecule has 0 amide bonds. The van der Waals surface area contributed by atoms with Crippen LogP contribution in [0.15, 0.2) is 16.8 Å². The second-order valence-electron chi connectivity index (χ2n) is 6.57. The van der Waals surface area contributed by atoms with Gasteiger partial charge in [0.15, 0.2) is 0 Å². The van der Waals surface area contributed by atoms with E-state index >= 15 is 0 Å². The first-order chi connectivity index (χ1) is 11.1. The van der Waals surface area contributed by atoms with E-state index < -0.39 is 0 Å². The van der Waals surface area contributed by atoms with Gasteiger partial charge < -0.3 is 4.90 Å². The molecule has 0 radical (unpaired) electrons. The molecule has 2 aromatic rings. The summed E-state index contributed by atoms with van der Waals surface area (Å²) in [6, 6.07) is 2.37. The molecule has 0 aromatic carbocycles. The van der Waals surface area contributed by atoms with Crippen molar-refractivity contribution >= 4 is 22.7 Å². The Morgan fingerprint density at radius 1 is 1.04 bits per heavy atom. The lowest BCUT2D eigenvalue weighted by Crippen LogP contribution is -2.45. The van der Waals surface area contributed by atoms with E-state index in [-0.39, 0.29) is 0 Å². The molecule has 1 saturated heterocycles. The lowest BCUT2D eigenvalue weighted by atomic mass is 10.2. The van der Waals surface area contributed by atoms with Gasteiger partial charge in [0.1, 0.15) is 0 Å². The minimum Gasteiger partial charge on any atom is -0.305 e. The Kier molecular flexibility index (Phi) is 5.82. The van der Waals surface area contributed by atoms with Gasteiger partial charge in [-0.2, -0.15) is 0 Å². The molecule has 126 valence electrons. The molecular weight excluding hydrogens is 324 g/mol. The van der Waals surface area contributed by atoms with Crippen molar-refractivity contribution in [3.05, 3.63) is 38.0 Å². The van der Waals surface area contributed by atoms with Crippen molar-refractivity contribution in [2.45, 2.75) is 26.6 Å². The zero-order chi connectivity index (χ0) is 16.2. The first kappa shape index (κ1) is 17.0. The molecule has 3 rings (SSSR count). The zero-order valence-corrected chi connectivity index (χ0v) is 15.9. The monoisotopic (exact) mass is 350 g/mol. The first-order valence-electron chi connectivity index (χ1n) is 8.15. The van der Waals surface area contributed by atoms with E-state index in [4.69, 9.17) is 0 Å². The molecule has 2 aromatic heterocycles. The Hall–Kier alpha value is -0.790. The zero-order valence-electron chi connectivity index (χ0n) is 14.3. The number of thiazole rings is 1. The Morgan fingerprint density at radius 3 is 2.35 bits per heavy atom. The molecule has 3 heterocycles. The van der Waals surface area contributed by atoms with E-state index in [1.807, 2.05) is 11.3 Å². The molecule has 1 aliphatic heterocycles. The van der Waals surface area contributed by atoms with E-state index in [2.05, 4.69) is 57.5 Å². The molecule has 6 heteroatoms. The van der Waals surface area contributed by atoms with Crippen LogP contribution in [0.3, 0.4) is 0 Å². The van der Waals surface area contributed by atoms with Crippen LogP contribution in [0.1, 0.15) is 21.1 Å². The van der Waals surface area contributed by atoms with E-state index in [1.165, 1.54) is 21.1 Å². The van der Waals surface area contributed by atoms with Crippen LogP contribution in [-0.2, 0) is 19.6 Å². The fraction of sp³-hybridized carbons (Fsp3) is 0.588. The molecule has 0 spiro atoms. The predicted octanol–water partition coefficient (Wildman–Crippen LogP) is 2.89. The smallest absolute Gasteiger partial charge is 0.0897 e. The van der Waals surface area contributed by atoms with E-state index in [0.717, 1.165) is 45.8 Å². The Balaban J connectivity index is 1.44. The number of hydrogen-bond acceptors (Lipinski definition) is 6. The Labute approximate surface area is 147 Å². The lowest BCUT2D eigenvalue weighted by Gasteiger charge is -2.34. The van der Waals surface area contributed by atoms with Crippen LogP contribution in [-0.4, -0.2) is 60.0 Å². The van der Waals surface area contributed by atoms with Crippen LogP contribution in [0.2, 0.25) is 0 Å². The fourth-order valence-corrected chi connectivity index (χ4v) is 4.52. The number of nitrogens with zero attached hydrogens (tertiary/aromatic N) is 4. The quantitative estimate of drug-likeness (QED) is 0.799. The van der Waals surface area contributed by atoms with Crippen molar-refractivity contribution in [1.29, 1.82) is 0 Å². The van der Waals surface area contributed by atoms with Crippen LogP contribution in [0.4, 0.5) is 0 Å². The number of aromatic nitrogens is 1. The second kappa shape index (κ2) is 7.85. The molecule has 0 bridgehead atoms. The highest BCUT2D eigenvalue weighted by Crippen LogP contribution is 2.19. The van der Waals surface area contributed by atoms with Gasteiger partial charge in [0.2, 0.25) is 0 Å². The van der Waals surface area contributed by atoms with Crippen molar-refractivity contribution in [3.63, 3.8) is 0 Å². The third-order valence-corrected chi connectivity index (χ3v) is 5.90. The summed E-state index contributed by atoms with van der Waals surface area (Å²) in [6.07, 6.45) is 0. The molecule has 0 aliphatic carbocycles. The molecule has 0 N–H and O–H groups in total. The maximum Gasteiger partial charge on any atom is 0.0897 e. The fourth-order valence-electron chi connectivity index (χ4n) is 2.99. The predicted molar refractivity (Wildman–Crippen MR) is 99.1 cm³/mol. The summed E-state index contributed by atoms with van der Waals surface area (Å²) in [4.78, 5) is 13.4. The van der Waals surface area contributed by atoms with Crippen molar-refractivity contribution in [2.75, 3.05) is 40.3 Å². The van der Waals surface area contributed by atoms with Crippen molar-refractivity contribution in [1.82, 2.24) is 19.7 Å². The largest absolute Gasteiger partial charge is 0.305 e. The summed E-state index contributed by atoms with van der Waals surface area (Å²) in [6.45, 7) is 9.83. The summed E-state index contributed by atoms with van der Waals surface area (Å²) in [7, 11) is 4.25. The van der Waals surface area contributed by atoms with Crippen molar-refractivity contribution < 1.29 is 0 Å². The van der Waals surface area contributed by atoms with Gasteiger partial charge in [0.25, 0.3) is 0 Å². The first-order valence-corrected chi connectivity index (χ1v) is 9.91. The van der Waals surface area contributed by atoms with Crippen LogP contribution in [0, 0.1) is 6.92 Å². The van der Waals surface area contributed by atoms with Gasteiger partial charge in [-0.25, -0.2) is 4.98 Å². The van der Waals surface area contributed by atoms with Gasteiger partial charge in [-0.15, -0.1) is 22.7 Å². The molecule has 23 heavy (non-hydrogen) atoms. The second-order valence-corrected chi connectivity index (χ2v) is 8.63. The topological polar surface area (TPSA) is 22.6 Å². The lowest BCUT2D eigenvalue weighted by molar-refractivity contribution is 0.122. The molecular formula is C17H26N4S2.